The van der Waals surface area contributed by atoms with Gasteiger partial charge in [0.2, 0.25) is 0 Å². The minimum Gasteiger partial charge on any atom is -0.396 e. The second-order valence-electron chi connectivity index (χ2n) is 12.2. The zero-order valence-electron chi connectivity index (χ0n) is 24.2. The Kier molecular flexibility index (Phi) is 20.3. The molecule has 1 N–H and O–H groups in total. The molecule has 0 radical (unpaired) electrons. The van der Waals surface area contributed by atoms with Gasteiger partial charge >= 0.3 is 0 Å². The fraction of sp³-hybridized carbons (Fsp3) is 1.00. The second-order valence-corrected chi connectivity index (χ2v) is 12.2. The quantitative estimate of drug-likeness (QED) is 0.134. The predicted molar refractivity (Wildman–Crippen MR) is 154 cm³/mol. The van der Waals surface area contributed by atoms with Crippen LogP contribution >= 0.6 is 0 Å². The van der Waals surface area contributed by atoms with Crippen LogP contribution in [0.1, 0.15) is 135 Å². The highest BCUT2D eigenvalue weighted by Crippen LogP contribution is 2.31. The Bertz CT molecular complexity index is 460. The first-order valence-electron chi connectivity index (χ1n) is 16.3. The molecule has 0 aromatic heterocycles. The maximum absolute atomic E-state index is 8.88. The van der Waals surface area contributed by atoms with Crippen LogP contribution in [-0.2, 0) is 9.47 Å². The van der Waals surface area contributed by atoms with E-state index in [0.29, 0.717) is 6.61 Å². The molecular weight excluding hydrogens is 446 g/mol. The van der Waals surface area contributed by atoms with Gasteiger partial charge in [-0.05, 0) is 62.8 Å². The van der Waals surface area contributed by atoms with Crippen LogP contribution in [-0.4, -0.2) is 62.7 Å². The van der Waals surface area contributed by atoms with Crippen molar-refractivity contribution in [2.45, 2.75) is 135 Å². The minimum atomic E-state index is 0.351. The lowest BCUT2D eigenvalue weighted by molar-refractivity contribution is 0.0691. The molecule has 36 heavy (non-hydrogen) atoms. The summed E-state index contributed by atoms with van der Waals surface area (Å²) in [6, 6.07) is 0. The van der Waals surface area contributed by atoms with Crippen LogP contribution in [0.5, 0.6) is 0 Å². The van der Waals surface area contributed by atoms with Crippen molar-refractivity contribution in [3.8, 4) is 0 Å². The fourth-order valence-corrected chi connectivity index (χ4v) is 6.30. The van der Waals surface area contributed by atoms with E-state index in [2.05, 4.69) is 11.8 Å². The predicted octanol–water partition coefficient (Wildman–Crippen LogP) is 8.01. The highest BCUT2D eigenvalue weighted by Gasteiger charge is 2.17. The lowest BCUT2D eigenvalue weighted by atomic mass is 9.81. The van der Waals surface area contributed by atoms with E-state index in [1.54, 1.807) is 0 Å². The molecule has 4 heteroatoms. The normalized spacial score (nSPS) is 21.1. The molecule has 2 rings (SSSR count). The second kappa shape index (κ2) is 22.8. The van der Waals surface area contributed by atoms with Crippen molar-refractivity contribution in [1.29, 1.82) is 0 Å². The lowest BCUT2D eigenvalue weighted by Crippen LogP contribution is -2.32. The average Bonchev–Trinajstić information content (AvgIpc) is 3.41. The van der Waals surface area contributed by atoms with Gasteiger partial charge in [0.25, 0.3) is 0 Å². The van der Waals surface area contributed by atoms with Gasteiger partial charge in [0.15, 0.2) is 0 Å². The number of nitrogens with zero attached hydrogens (tertiary/aromatic N) is 1. The summed E-state index contributed by atoms with van der Waals surface area (Å²) in [6.45, 7) is 9.66. The van der Waals surface area contributed by atoms with Gasteiger partial charge in [-0.25, -0.2) is 0 Å². The molecule has 0 amide bonds. The van der Waals surface area contributed by atoms with E-state index in [-0.39, 0.29) is 0 Å². The maximum atomic E-state index is 8.88. The van der Waals surface area contributed by atoms with Crippen LogP contribution in [0.25, 0.3) is 0 Å². The zero-order chi connectivity index (χ0) is 25.5. The van der Waals surface area contributed by atoms with Crippen LogP contribution in [0, 0.1) is 17.8 Å². The first kappa shape index (κ1) is 32.1. The maximum Gasteiger partial charge on any atom is 0.0593 e. The van der Waals surface area contributed by atoms with Crippen molar-refractivity contribution in [2.75, 3.05) is 52.7 Å². The molecule has 0 spiro atoms. The molecule has 0 saturated heterocycles. The topological polar surface area (TPSA) is 41.9 Å². The number of unbranched alkanes of at least 4 members (excludes halogenated alkanes) is 7. The van der Waals surface area contributed by atoms with Crippen molar-refractivity contribution in [3.05, 3.63) is 0 Å². The summed E-state index contributed by atoms with van der Waals surface area (Å²) in [4.78, 5) is 2.58. The summed E-state index contributed by atoms with van der Waals surface area (Å²) in [6.07, 6.45) is 26.9. The Hall–Kier alpha value is -0.160. The molecule has 2 saturated carbocycles. The van der Waals surface area contributed by atoms with E-state index in [1.165, 1.54) is 129 Å². The van der Waals surface area contributed by atoms with E-state index in [9.17, 15) is 0 Å². The molecule has 2 aliphatic carbocycles. The lowest BCUT2D eigenvalue weighted by Gasteiger charge is -2.26. The smallest absolute Gasteiger partial charge is 0.0593 e. The van der Waals surface area contributed by atoms with Gasteiger partial charge in [-0.1, -0.05) is 96.8 Å². The Morgan fingerprint density at radius 2 is 1.06 bits per heavy atom. The summed E-state index contributed by atoms with van der Waals surface area (Å²) >= 11 is 0. The van der Waals surface area contributed by atoms with E-state index in [0.717, 1.165) is 63.7 Å². The number of aliphatic hydroxyl groups is 1. The number of rotatable bonds is 24. The van der Waals surface area contributed by atoms with Gasteiger partial charge in [0, 0.05) is 32.9 Å². The average molecular weight is 510 g/mol. The van der Waals surface area contributed by atoms with Crippen LogP contribution < -0.4 is 0 Å². The van der Waals surface area contributed by atoms with Crippen LogP contribution in [0.3, 0.4) is 0 Å². The third-order valence-corrected chi connectivity index (χ3v) is 8.90. The number of aliphatic hydroxyl groups excluding tert-OH is 1. The number of hydrogen-bond donors (Lipinski definition) is 1. The number of hydrogen-bond acceptors (Lipinski definition) is 4. The van der Waals surface area contributed by atoms with Crippen molar-refractivity contribution < 1.29 is 14.6 Å². The third-order valence-electron chi connectivity index (χ3n) is 8.90. The Morgan fingerprint density at radius 1 is 0.556 bits per heavy atom. The molecule has 0 aliphatic heterocycles. The summed E-state index contributed by atoms with van der Waals surface area (Å²) in [5.74, 6) is 2.90. The summed E-state index contributed by atoms with van der Waals surface area (Å²) in [7, 11) is 0. The van der Waals surface area contributed by atoms with Crippen molar-refractivity contribution in [3.63, 3.8) is 0 Å². The van der Waals surface area contributed by atoms with Gasteiger partial charge < -0.3 is 14.6 Å². The Morgan fingerprint density at radius 3 is 1.61 bits per heavy atom. The molecule has 0 unspecified atom stereocenters. The highest BCUT2D eigenvalue weighted by molar-refractivity contribution is 4.70. The van der Waals surface area contributed by atoms with E-state index in [1.807, 2.05) is 0 Å². The molecular formula is C32H63NO3. The number of ether oxygens (including phenoxy) is 2. The standard InChI is InChI=1S/C32H63NO3/c1-30-18-20-32(21-19-30)17-13-27-36-29-24-33(22-10-6-4-2-3-5-7-11-25-34)23-28-35-26-12-16-31-14-8-9-15-31/h30-32,34H,2-29H2,1H3. The zero-order valence-corrected chi connectivity index (χ0v) is 24.2. The van der Waals surface area contributed by atoms with Crippen LogP contribution in [0.2, 0.25) is 0 Å². The molecule has 0 atom stereocenters. The van der Waals surface area contributed by atoms with E-state index in [4.69, 9.17) is 14.6 Å². The van der Waals surface area contributed by atoms with Gasteiger partial charge in [-0.15, -0.1) is 0 Å². The van der Waals surface area contributed by atoms with Gasteiger partial charge in [0.1, 0.15) is 0 Å². The highest BCUT2D eigenvalue weighted by atomic mass is 16.5. The van der Waals surface area contributed by atoms with Crippen LogP contribution in [0.4, 0.5) is 0 Å². The van der Waals surface area contributed by atoms with Crippen molar-refractivity contribution in [2.24, 2.45) is 17.8 Å². The van der Waals surface area contributed by atoms with Gasteiger partial charge in [-0.2, -0.15) is 0 Å². The molecule has 2 aliphatic rings. The third kappa shape index (κ3) is 17.4. The molecule has 0 heterocycles. The van der Waals surface area contributed by atoms with Crippen molar-refractivity contribution in [1.82, 2.24) is 4.90 Å². The Labute approximate surface area is 225 Å². The first-order chi connectivity index (χ1) is 17.8. The summed E-state index contributed by atoms with van der Waals surface area (Å²) < 4.78 is 12.1. The van der Waals surface area contributed by atoms with Crippen molar-refractivity contribution >= 4 is 0 Å². The summed E-state index contributed by atoms with van der Waals surface area (Å²) in [5.41, 5.74) is 0. The first-order valence-corrected chi connectivity index (χ1v) is 16.3. The molecule has 214 valence electrons. The molecule has 0 aromatic rings. The molecule has 4 nitrogen and oxygen atoms in total. The fourth-order valence-electron chi connectivity index (χ4n) is 6.30. The molecule has 0 bridgehead atoms. The molecule has 0 aromatic carbocycles. The van der Waals surface area contributed by atoms with Crippen LogP contribution in [0.15, 0.2) is 0 Å². The minimum absolute atomic E-state index is 0.351. The largest absolute Gasteiger partial charge is 0.396 e. The summed E-state index contributed by atoms with van der Waals surface area (Å²) in [5, 5.41) is 8.88. The molecule has 2 fully saturated rings. The van der Waals surface area contributed by atoms with E-state index < -0.39 is 0 Å². The Balaban J connectivity index is 1.50. The SMILES string of the molecule is CC1CCC(CCCOCCN(CCCCCCCCCCO)CCOCCCC2CCCC2)CC1. The monoisotopic (exact) mass is 509 g/mol. The van der Waals surface area contributed by atoms with Gasteiger partial charge in [0.05, 0.1) is 13.2 Å². The van der Waals surface area contributed by atoms with Gasteiger partial charge in [-0.3, -0.25) is 4.90 Å². The van der Waals surface area contributed by atoms with E-state index >= 15 is 0 Å².